The molecular weight excluding hydrogens is 382 g/mol. The maximum atomic E-state index is 13.7. The molecule has 0 atom stereocenters. The average molecular weight is 397 g/mol. The Morgan fingerprint density at radius 1 is 1.12 bits per heavy atom. The van der Waals surface area contributed by atoms with E-state index in [2.05, 4.69) is 21.2 Å². The normalized spacial score (nSPS) is 10.3. The van der Waals surface area contributed by atoms with Gasteiger partial charge in [0.25, 0.3) is 5.91 Å². The van der Waals surface area contributed by atoms with Crippen LogP contribution in [-0.2, 0) is 11.3 Å². The summed E-state index contributed by atoms with van der Waals surface area (Å²) in [6.45, 7) is -0.251. The number of rotatable bonds is 5. The highest BCUT2D eigenvalue weighted by atomic mass is 79.9. The summed E-state index contributed by atoms with van der Waals surface area (Å²) < 4.78 is 27.9. The Morgan fingerprint density at radius 3 is 2.54 bits per heavy atom. The highest BCUT2D eigenvalue weighted by molar-refractivity contribution is 9.10. The van der Waals surface area contributed by atoms with Gasteiger partial charge >= 0.3 is 0 Å². The molecule has 0 aromatic heterocycles. The first-order valence-electron chi connectivity index (χ1n) is 7.09. The molecule has 0 aliphatic rings. The van der Waals surface area contributed by atoms with Crippen molar-refractivity contribution in [1.29, 1.82) is 0 Å². The van der Waals surface area contributed by atoms with Crippen molar-refractivity contribution in [3.05, 3.63) is 69.7 Å². The van der Waals surface area contributed by atoms with E-state index in [4.69, 9.17) is 0 Å². The molecule has 0 heterocycles. The van der Waals surface area contributed by atoms with Gasteiger partial charge in [-0.05, 0) is 30.3 Å². The minimum atomic E-state index is -0.677. The molecule has 0 saturated heterocycles. The second-order valence-electron chi connectivity index (χ2n) is 5.15. The van der Waals surface area contributed by atoms with Crippen LogP contribution in [-0.4, -0.2) is 30.3 Å². The van der Waals surface area contributed by atoms with Crippen LogP contribution in [0, 0.1) is 11.6 Å². The highest BCUT2D eigenvalue weighted by Crippen LogP contribution is 2.16. The lowest BCUT2D eigenvalue weighted by Gasteiger charge is -2.18. The molecule has 0 bridgehead atoms. The first kappa shape index (κ1) is 18.1. The summed E-state index contributed by atoms with van der Waals surface area (Å²) in [7, 11) is 1.50. The van der Waals surface area contributed by atoms with Crippen molar-refractivity contribution in [1.82, 2.24) is 10.2 Å². The van der Waals surface area contributed by atoms with Gasteiger partial charge in [-0.3, -0.25) is 9.59 Å². The third-order valence-electron chi connectivity index (χ3n) is 3.36. The van der Waals surface area contributed by atoms with Crippen molar-refractivity contribution < 1.29 is 18.4 Å². The molecule has 2 aromatic carbocycles. The second kappa shape index (κ2) is 8.01. The zero-order valence-electron chi connectivity index (χ0n) is 12.9. The summed E-state index contributed by atoms with van der Waals surface area (Å²) in [4.78, 5) is 25.2. The van der Waals surface area contributed by atoms with Crippen LogP contribution in [0.3, 0.4) is 0 Å². The van der Waals surface area contributed by atoms with Gasteiger partial charge in [-0.1, -0.05) is 28.1 Å². The number of benzene rings is 2. The maximum absolute atomic E-state index is 13.7. The van der Waals surface area contributed by atoms with Crippen LogP contribution < -0.4 is 5.32 Å². The molecule has 126 valence electrons. The van der Waals surface area contributed by atoms with Crippen LogP contribution in [0.25, 0.3) is 0 Å². The van der Waals surface area contributed by atoms with E-state index in [0.29, 0.717) is 10.0 Å². The predicted molar refractivity (Wildman–Crippen MR) is 89.3 cm³/mol. The standard InChI is InChI=1S/C17H15BrF2N2O2/c1-22(10-11-8-12(18)6-7-14(11)19)16(23)9-21-17(24)13-4-2-3-5-15(13)20/h2-8H,9-10H2,1H3,(H,21,24). The number of hydrogen-bond donors (Lipinski definition) is 1. The van der Waals surface area contributed by atoms with E-state index in [1.807, 2.05) is 0 Å². The molecule has 24 heavy (non-hydrogen) atoms. The predicted octanol–water partition coefficient (Wildman–Crippen LogP) is 3.12. The summed E-state index contributed by atoms with van der Waals surface area (Å²) in [6.07, 6.45) is 0. The topological polar surface area (TPSA) is 49.4 Å². The van der Waals surface area contributed by atoms with Crippen molar-refractivity contribution >= 4 is 27.7 Å². The van der Waals surface area contributed by atoms with Gasteiger partial charge in [0.2, 0.25) is 5.91 Å². The summed E-state index contributed by atoms with van der Waals surface area (Å²) >= 11 is 3.24. The Kier molecular flexibility index (Phi) is 6.03. The molecule has 2 amide bonds. The van der Waals surface area contributed by atoms with Crippen molar-refractivity contribution in [3.63, 3.8) is 0 Å². The van der Waals surface area contributed by atoms with Crippen molar-refractivity contribution in [2.45, 2.75) is 6.54 Å². The molecule has 1 N–H and O–H groups in total. The van der Waals surface area contributed by atoms with E-state index in [1.54, 1.807) is 12.1 Å². The number of nitrogens with zero attached hydrogens (tertiary/aromatic N) is 1. The van der Waals surface area contributed by atoms with Crippen molar-refractivity contribution in [3.8, 4) is 0 Å². The summed E-state index contributed by atoms with van der Waals surface area (Å²) in [6, 6.07) is 9.94. The summed E-state index contributed by atoms with van der Waals surface area (Å²) in [5, 5.41) is 2.36. The van der Waals surface area contributed by atoms with Gasteiger partial charge in [0.05, 0.1) is 12.1 Å². The second-order valence-corrected chi connectivity index (χ2v) is 6.06. The van der Waals surface area contributed by atoms with Gasteiger partial charge in [0.1, 0.15) is 11.6 Å². The number of amides is 2. The number of carbonyl (C=O) groups is 2. The van der Waals surface area contributed by atoms with E-state index in [1.165, 1.54) is 42.3 Å². The van der Waals surface area contributed by atoms with Crippen molar-refractivity contribution in [2.75, 3.05) is 13.6 Å². The largest absolute Gasteiger partial charge is 0.343 e. The molecule has 4 nitrogen and oxygen atoms in total. The average Bonchev–Trinajstić information content (AvgIpc) is 2.56. The fraction of sp³-hybridized carbons (Fsp3) is 0.176. The number of hydrogen-bond acceptors (Lipinski definition) is 2. The molecule has 0 unspecified atom stereocenters. The van der Waals surface area contributed by atoms with Gasteiger partial charge < -0.3 is 10.2 Å². The van der Waals surface area contributed by atoms with Crippen LogP contribution in [0.2, 0.25) is 0 Å². The third kappa shape index (κ3) is 4.61. The van der Waals surface area contributed by atoms with Crippen LogP contribution in [0.1, 0.15) is 15.9 Å². The summed E-state index contributed by atoms with van der Waals surface area (Å²) in [5.74, 6) is -2.18. The molecule has 0 spiro atoms. The molecule has 2 rings (SSSR count). The first-order chi connectivity index (χ1) is 11.4. The van der Waals surface area contributed by atoms with Crippen LogP contribution in [0.15, 0.2) is 46.9 Å². The van der Waals surface area contributed by atoms with Crippen LogP contribution in [0.4, 0.5) is 8.78 Å². The molecule has 0 radical (unpaired) electrons. The monoisotopic (exact) mass is 396 g/mol. The Hall–Kier alpha value is -2.28. The molecule has 0 aliphatic carbocycles. The SMILES string of the molecule is CN(Cc1cc(Br)ccc1F)C(=O)CNC(=O)c1ccccc1F. The number of carbonyl (C=O) groups excluding carboxylic acids is 2. The Balaban J connectivity index is 1.93. The molecule has 2 aromatic rings. The van der Waals surface area contributed by atoms with E-state index in [0.717, 1.165) is 0 Å². The fourth-order valence-electron chi connectivity index (χ4n) is 2.04. The van der Waals surface area contributed by atoms with Crippen LogP contribution in [0.5, 0.6) is 0 Å². The Morgan fingerprint density at radius 2 is 1.83 bits per heavy atom. The first-order valence-corrected chi connectivity index (χ1v) is 7.88. The third-order valence-corrected chi connectivity index (χ3v) is 3.85. The molecular formula is C17H15BrF2N2O2. The zero-order chi connectivity index (χ0) is 17.7. The molecule has 0 fully saturated rings. The van der Waals surface area contributed by atoms with E-state index in [9.17, 15) is 18.4 Å². The van der Waals surface area contributed by atoms with Gasteiger partial charge in [-0.2, -0.15) is 0 Å². The fourth-order valence-corrected chi connectivity index (χ4v) is 2.45. The lowest BCUT2D eigenvalue weighted by Crippen LogP contribution is -2.38. The van der Waals surface area contributed by atoms with Gasteiger partial charge in [-0.15, -0.1) is 0 Å². The number of halogens is 3. The summed E-state index contributed by atoms with van der Waals surface area (Å²) in [5.41, 5.74) is 0.214. The van der Waals surface area contributed by atoms with Gasteiger partial charge in [0, 0.05) is 23.6 Å². The smallest absolute Gasteiger partial charge is 0.254 e. The van der Waals surface area contributed by atoms with Crippen LogP contribution >= 0.6 is 15.9 Å². The number of nitrogens with one attached hydrogen (secondary N) is 1. The molecule has 7 heteroatoms. The van der Waals surface area contributed by atoms with Crippen molar-refractivity contribution in [2.24, 2.45) is 0 Å². The lowest BCUT2D eigenvalue weighted by molar-refractivity contribution is -0.129. The van der Waals surface area contributed by atoms with Gasteiger partial charge in [-0.25, -0.2) is 8.78 Å². The van der Waals surface area contributed by atoms with E-state index < -0.39 is 23.4 Å². The molecule has 0 aliphatic heterocycles. The lowest BCUT2D eigenvalue weighted by atomic mass is 10.2. The Bertz CT molecular complexity index is 768. The zero-order valence-corrected chi connectivity index (χ0v) is 14.4. The highest BCUT2D eigenvalue weighted by Gasteiger charge is 2.15. The number of likely N-dealkylation sites (N-methyl/N-ethyl adjacent to an activating group) is 1. The maximum Gasteiger partial charge on any atom is 0.254 e. The van der Waals surface area contributed by atoms with E-state index >= 15 is 0 Å². The molecule has 0 saturated carbocycles. The minimum absolute atomic E-state index is 0.0552. The Labute approximate surface area is 146 Å². The van der Waals surface area contributed by atoms with E-state index in [-0.39, 0.29) is 18.7 Å². The minimum Gasteiger partial charge on any atom is -0.343 e. The quantitative estimate of drug-likeness (QED) is 0.843. The van der Waals surface area contributed by atoms with Gasteiger partial charge in [0.15, 0.2) is 0 Å².